The Morgan fingerprint density at radius 2 is 2.11 bits per heavy atom. The van der Waals surface area contributed by atoms with E-state index < -0.39 is 0 Å². The Kier molecular flexibility index (Phi) is 3.25. The standard InChI is InChI=1S/C15H21FN2/c16-13-6-5-12-7-8-18(15(12)9-13)10-14(17)11-3-1-2-4-11/h5-6,9,11,14H,1-4,7-8,10,17H2. The topological polar surface area (TPSA) is 29.3 Å². The summed E-state index contributed by atoms with van der Waals surface area (Å²) >= 11 is 0. The molecule has 1 atom stereocenters. The lowest BCUT2D eigenvalue weighted by Crippen LogP contribution is -2.41. The lowest BCUT2D eigenvalue weighted by molar-refractivity contribution is 0.430. The molecular formula is C15H21FN2. The first-order chi connectivity index (χ1) is 8.74. The molecule has 18 heavy (non-hydrogen) atoms. The van der Waals surface area contributed by atoms with Crippen LogP contribution in [0.5, 0.6) is 0 Å². The van der Waals surface area contributed by atoms with Gasteiger partial charge in [-0.3, -0.25) is 0 Å². The molecule has 1 aromatic carbocycles. The molecule has 0 bridgehead atoms. The van der Waals surface area contributed by atoms with Crippen molar-refractivity contribution in [2.45, 2.75) is 38.1 Å². The highest BCUT2D eigenvalue weighted by molar-refractivity contribution is 5.58. The van der Waals surface area contributed by atoms with Gasteiger partial charge < -0.3 is 10.6 Å². The molecule has 2 N–H and O–H groups in total. The lowest BCUT2D eigenvalue weighted by atomic mass is 9.98. The Balaban J connectivity index is 1.70. The molecule has 0 radical (unpaired) electrons. The van der Waals surface area contributed by atoms with Gasteiger partial charge in [-0.25, -0.2) is 4.39 Å². The lowest BCUT2D eigenvalue weighted by Gasteiger charge is -2.27. The van der Waals surface area contributed by atoms with E-state index in [2.05, 4.69) is 4.90 Å². The van der Waals surface area contributed by atoms with Gasteiger partial charge in [0.1, 0.15) is 5.82 Å². The number of halogens is 1. The number of hydrogen-bond acceptors (Lipinski definition) is 2. The summed E-state index contributed by atoms with van der Waals surface area (Å²) in [7, 11) is 0. The number of benzene rings is 1. The van der Waals surface area contributed by atoms with Crippen molar-refractivity contribution < 1.29 is 4.39 Å². The van der Waals surface area contributed by atoms with Gasteiger partial charge in [-0.1, -0.05) is 18.9 Å². The average Bonchev–Trinajstić information content (AvgIpc) is 2.99. The maximum absolute atomic E-state index is 13.3. The van der Waals surface area contributed by atoms with Crippen LogP contribution in [0.1, 0.15) is 31.2 Å². The van der Waals surface area contributed by atoms with E-state index in [-0.39, 0.29) is 11.9 Å². The van der Waals surface area contributed by atoms with Crippen LogP contribution < -0.4 is 10.6 Å². The SMILES string of the molecule is NC(CN1CCc2ccc(F)cc21)C1CCCC1. The Morgan fingerprint density at radius 3 is 2.89 bits per heavy atom. The highest BCUT2D eigenvalue weighted by Gasteiger charge is 2.26. The van der Waals surface area contributed by atoms with Crippen LogP contribution in [0.25, 0.3) is 0 Å². The molecule has 1 aromatic rings. The molecule has 3 heteroatoms. The fraction of sp³-hybridized carbons (Fsp3) is 0.600. The number of nitrogens with zero attached hydrogens (tertiary/aromatic N) is 1. The van der Waals surface area contributed by atoms with E-state index in [0.717, 1.165) is 25.2 Å². The van der Waals surface area contributed by atoms with Gasteiger partial charge in [-0.15, -0.1) is 0 Å². The normalized spacial score (nSPS) is 21.3. The molecule has 1 fully saturated rings. The van der Waals surface area contributed by atoms with Crippen molar-refractivity contribution in [3.05, 3.63) is 29.6 Å². The van der Waals surface area contributed by atoms with Crippen molar-refractivity contribution in [3.8, 4) is 0 Å². The van der Waals surface area contributed by atoms with E-state index in [1.807, 2.05) is 6.07 Å². The zero-order valence-electron chi connectivity index (χ0n) is 10.7. The second kappa shape index (κ2) is 4.88. The third kappa shape index (κ3) is 2.24. The minimum atomic E-state index is -0.143. The summed E-state index contributed by atoms with van der Waals surface area (Å²) < 4.78 is 13.3. The monoisotopic (exact) mass is 248 g/mol. The molecule has 0 aromatic heterocycles. The fourth-order valence-corrected chi connectivity index (χ4v) is 3.40. The molecule has 1 unspecified atom stereocenters. The van der Waals surface area contributed by atoms with Crippen molar-refractivity contribution in [1.29, 1.82) is 0 Å². The van der Waals surface area contributed by atoms with Gasteiger partial charge in [0, 0.05) is 24.8 Å². The predicted octanol–water partition coefficient (Wildman–Crippen LogP) is 2.71. The average molecular weight is 248 g/mol. The van der Waals surface area contributed by atoms with Crippen LogP contribution in [0, 0.1) is 11.7 Å². The Bertz CT molecular complexity index is 427. The third-order valence-corrected chi connectivity index (χ3v) is 4.48. The van der Waals surface area contributed by atoms with E-state index in [1.54, 1.807) is 12.1 Å². The number of fused-ring (bicyclic) bond motifs is 1. The van der Waals surface area contributed by atoms with Crippen LogP contribution in [0.3, 0.4) is 0 Å². The summed E-state index contributed by atoms with van der Waals surface area (Å²) in [6.45, 7) is 1.86. The van der Waals surface area contributed by atoms with E-state index in [1.165, 1.54) is 31.2 Å². The third-order valence-electron chi connectivity index (χ3n) is 4.48. The van der Waals surface area contributed by atoms with Crippen molar-refractivity contribution >= 4 is 5.69 Å². The van der Waals surface area contributed by atoms with Crippen LogP contribution in [0.2, 0.25) is 0 Å². The first-order valence-corrected chi connectivity index (χ1v) is 7.03. The minimum Gasteiger partial charge on any atom is -0.369 e. The largest absolute Gasteiger partial charge is 0.369 e. The second-order valence-electron chi connectivity index (χ2n) is 5.68. The van der Waals surface area contributed by atoms with Gasteiger partial charge in [0.15, 0.2) is 0 Å². The van der Waals surface area contributed by atoms with Crippen LogP contribution in [0.15, 0.2) is 18.2 Å². The molecular weight excluding hydrogens is 227 g/mol. The molecule has 2 aliphatic rings. The number of hydrogen-bond donors (Lipinski definition) is 1. The Morgan fingerprint density at radius 1 is 1.33 bits per heavy atom. The van der Waals surface area contributed by atoms with E-state index in [0.29, 0.717) is 5.92 Å². The van der Waals surface area contributed by atoms with Gasteiger partial charge in [0.25, 0.3) is 0 Å². The van der Waals surface area contributed by atoms with Crippen LogP contribution >= 0.6 is 0 Å². The minimum absolute atomic E-state index is 0.143. The summed E-state index contributed by atoms with van der Waals surface area (Å²) in [5, 5.41) is 0. The quantitative estimate of drug-likeness (QED) is 0.891. The number of anilines is 1. The Hall–Kier alpha value is -1.09. The molecule has 2 nitrogen and oxygen atoms in total. The van der Waals surface area contributed by atoms with E-state index in [9.17, 15) is 4.39 Å². The fourth-order valence-electron chi connectivity index (χ4n) is 3.40. The van der Waals surface area contributed by atoms with Crippen molar-refractivity contribution in [2.24, 2.45) is 11.7 Å². The first-order valence-electron chi connectivity index (χ1n) is 7.03. The summed E-state index contributed by atoms with van der Waals surface area (Å²) in [4.78, 5) is 2.27. The summed E-state index contributed by atoms with van der Waals surface area (Å²) in [6, 6.07) is 5.36. The molecule has 1 heterocycles. The van der Waals surface area contributed by atoms with Crippen LogP contribution in [0.4, 0.5) is 10.1 Å². The van der Waals surface area contributed by atoms with Crippen molar-refractivity contribution in [1.82, 2.24) is 0 Å². The number of rotatable bonds is 3. The molecule has 1 aliphatic heterocycles. The maximum Gasteiger partial charge on any atom is 0.125 e. The van der Waals surface area contributed by atoms with Crippen LogP contribution in [-0.2, 0) is 6.42 Å². The van der Waals surface area contributed by atoms with Gasteiger partial charge in [0.05, 0.1) is 0 Å². The second-order valence-corrected chi connectivity index (χ2v) is 5.68. The van der Waals surface area contributed by atoms with E-state index in [4.69, 9.17) is 5.73 Å². The van der Waals surface area contributed by atoms with Crippen molar-refractivity contribution in [2.75, 3.05) is 18.0 Å². The molecule has 1 aliphatic carbocycles. The molecule has 98 valence electrons. The molecule has 3 rings (SSSR count). The van der Waals surface area contributed by atoms with E-state index >= 15 is 0 Å². The zero-order chi connectivity index (χ0) is 12.5. The van der Waals surface area contributed by atoms with Crippen molar-refractivity contribution in [3.63, 3.8) is 0 Å². The molecule has 0 saturated heterocycles. The first kappa shape index (κ1) is 12.0. The highest BCUT2D eigenvalue weighted by Crippen LogP contribution is 2.31. The summed E-state index contributed by atoms with van der Waals surface area (Å²) in [5.74, 6) is 0.526. The highest BCUT2D eigenvalue weighted by atomic mass is 19.1. The molecule has 0 amide bonds. The number of nitrogens with two attached hydrogens (primary N) is 1. The Labute approximate surface area is 108 Å². The van der Waals surface area contributed by atoms with Gasteiger partial charge in [-0.2, -0.15) is 0 Å². The van der Waals surface area contributed by atoms with Crippen LogP contribution in [-0.4, -0.2) is 19.1 Å². The summed E-state index contributed by atoms with van der Waals surface area (Å²) in [5.41, 5.74) is 8.64. The van der Waals surface area contributed by atoms with Gasteiger partial charge in [-0.05, 0) is 42.9 Å². The summed E-state index contributed by atoms with van der Waals surface area (Å²) in [6.07, 6.45) is 6.20. The van der Waals surface area contributed by atoms with Gasteiger partial charge >= 0.3 is 0 Å². The van der Waals surface area contributed by atoms with Gasteiger partial charge in [0.2, 0.25) is 0 Å². The molecule has 0 spiro atoms. The smallest absolute Gasteiger partial charge is 0.125 e. The zero-order valence-corrected chi connectivity index (χ0v) is 10.7. The molecule has 1 saturated carbocycles. The maximum atomic E-state index is 13.3. The predicted molar refractivity (Wildman–Crippen MR) is 72.3 cm³/mol.